The number of H-pyrrole nitrogens is 1. The Kier molecular flexibility index (Phi) is 5.46. The van der Waals surface area contributed by atoms with Crippen LogP contribution < -0.4 is 21.5 Å². The minimum absolute atomic E-state index is 0.120. The molecule has 1 N–H and O–H groups in total. The van der Waals surface area contributed by atoms with Crippen LogP contribution in [0.2, 0.25) is 0 Å². The second kappa shape index (κ2) is 9.37. The second-order valence-corrected chi connectivity index (χ2v) is 12.9. The van der Waals surface area contributed by atoms with Gasteiger partial charge in [-0.1, -0.05) is 84.9 Å². The summed E-state index contributed by atoms with van der Waals surface area (Å²) >= 11 is 0. The van der Waals surface area contributed by atoms with Gasteiger partial charge in [0.2, 0.25) is 0 Å². The van der Waals surface area contributed by atoms with Gasteiger partial charge in [0.1, 0.15) is 11.0 Å². The standard InChI is InChI=1S/C35H22N3O3P/c39-28-19-17-26(35-31(28)34-29(41-35)12-7-21-36-34)27-18-15-22-13-14-23-16-20-30(38-33(23)32(22)37-27)42(40,24-8-3-1-4-9-24)25-10-5-2-6-11-25/h1-21,36H. The van der Waals surface area contributed by atoms with Crippen molar-refractivity contribution >= 4 is 67.1 Å². The van der Waals surface area contributed by atoms with Gasteiger partial charge < -0.3 is 14.0 Å². The van der Waals surface area contributed by atoms with Crippen molar-refractivity contribution in [1.82, 2.24) is 15.0 Å². The Morgan fingerprint density at radius 1 is 0.643 bits per heavy atom. The molecule has 0 saturated heterocycles. The molecule has 4 aromatic carbocycles. The third kappa shape index (κ3) is 3.66. The summed E-state index contributed by atoms with van der Waals surface area (Å²) in [6.45, 7) is 0. The smallest absolute Gasteiger partial charge is 0.191 e. The minimum Gasteiger partial charge on any atom is -0.454 e. The van der Waals surface area contributed by atoms with E-state index in [2.05, 4.69) is 4.98 Å². The van der Waals surface area contributed by atoms with Gasteiger partial charge in [0.25, 0.3) is 0 Å². The Balaban J connectivity index is 1.38. The molecule has 0 aliphatic heterocycles. The zero-order valence-corrected chi connectivity index (χ0v) is 23.1. The van der Waals surface area contributed by atoms with Crippen LogP contribution in [0.15, 0.2) is 137 Å². The summed E-state index contributed by atoms with van der Waals surface area (Å²) in [4.78, 5) is 26.1. The molecule has 0 aliphatic rings. The van der Waals surface area contributed by atoms with Gasteiger partial charge in [-0.15, -0.1) is 0 Å². The van der Waals surface area contributed by atoms with E-state index in [0.717, 1.165) is 21.4 Å². The van der Waals surface area contributed by atoms with Crippen molar-refractivity contribution in [3.8, 4) is 11.3 Å². The maximum Gasteiger partial charge on any atom is 0.191 e. The van der Waals surface area contributed by atoms with Crippen molar-refractivity contribution in [1.29, 1.82) is 0 Å². The summed E-state index contributed by atoms with van der Waals surface area (Å²) in [6.07, 6.45) is 1.77. The molecule has 42 heavy (non-hydrogen) atoms. The van der Waals surface area contributed by atoms with Crippen LogP contribution >= 0.6 is 7.14 Å². The van der Waals surface area contributed by atoms with Crippen LogP contribution in [-0.2, 0) is 4.57 Å². The summed E-state index contributed by atoms with van der Waals surface area (Å²) < 4.78 is 21.2. The third-order valence-electron chi connectivity index (χ3n) is 7.74. The third-order valence-corrected chi connectivity index (χ3v) is 10.7. The molecular formula is C35H22N3O3P. The molecule has 200 valence electrons. The van der Waals surface area contributed by atoms with Crippen molar-refractivity contribution in [2.75, 3.05) is 0 Å². The van der Waals surface area contributed by atoms with E-state index in [-0.39, 0.29) is 5.43 Å². The lowest BCUT2D eigenvalue weighted by atomic mass is 10.1. The first-order valence-electron chi connectivity index (χ1n) is 13.6. The van der Waals surface area contributed by atoms with E-state index in [1.165, 1.54) is 0 Å². The van der Waals surface area contributed by atoms with Gasteiger partial charge >= 0.3 is 0 Å². The lowest BCUT2D eigenvalue weighted by Gasteiger charge is -2.19. The van der Waals surface area contributed by atoms with Crippen molar-refractivity contribution in [3.63, 3.8) is 0 Å². The van der Waals surface area contributed by atoms with Crippen molar-refractivity contribution in [2.45, 2.75) is 0 Å². The molecule has 0 saturated carbocycles. The van der Waals surface area contributed by atoms with Crippen LogP contribution in [-0.4, -0.2) is 15.0 Å². The summed E-state index contributed by atoms with van der Waals surface area (Å²) in [5, 5.41) is 3.73. The number of aromatic nitrogens is 3. The van der Waals surface area contributed by atoms with E-state index < -0.39 is 7.14 Å². The average molecular weight is 564 g/mol. The van der Waals surface area contributed by atoms with Gasteiger partial charge in [-0.05, 0) is 36.4 Å². The van der Waals surface area contributed by atoms with Crippen LogP contribution in [0.4, 0.5) is 0 Å². The first-order valence-corrected chi connectivity index (χ1v) is 15.3. The number of furan rings is 1. The van der Waals surface area contributed by atoms with Crippen molar-refractivity contribution in [3.05, 3.63) is 138 Å². The molecule has 4 heterocycles. The molecule has 4 aromatic heterocycles. The summed E-state index contributed by atoms with van der Waals surface area (Å²) in [5.41, 5.74) is 4.84. The molecule has 0 atom stereocenters. The predicted octanol–water partition coefficient (Wildman–Crippen LogP) is 6.68. The van der Waals surface area contributed by atoms with E-state index in [4.69, 9.17) is 14.4 Å². The maximum atomic E-state index is 15.0. The van der Waals surface area contributed by atoms with Crippen LogP contribution in [0.25, 0.3) is 55.1 Å². The number of hydrogen-bond acceptors (Lipinski definition) is 5. The zero-order valence-electron chi connectivity index (χ0n) is 22.2. The molecule has 8 aromatic rings. The Morgan fingerprint density at radius 3 is 2.00 bits per heavy atom. The van der Waals surface area contributed by atoms with E-state index in [0.29, 0.717) is 49.8 Å². The Labute approximate surface area is 239 Å². The number of aromatic amines is 1. The summed E-state index contributed by atoms with van der Waals surface area (Å²) in [7, 11) is -3.28. The molecule has 0 spiro atoms. The molecule has 0 amide bonds. The van der Waals surface area contributed by atoms with Gasteiger partial charge in [0, 0.05) is 33.1 Å². The normalized spacial score (nSPS) is 12.0. The lowest BCUT2D eigenvalue weighted by molar-refractivity contribution is 0.592. The van der Waals surface area contributed by atoms with E-state index >= 15 is 4.57 Å². The van der Waals surface area contributed by atoms with Crippen LogP contribution in [0, 0.1) is 0 Å². The summed E-state index contributed by atoms with van der Waals surface area (Å²) in [6, 6.07) is 37.8. The number of nitrogens with zero attached hydrogens (tertiary/aromatic N) is 2. The van der Waals surface area contributed by atoms with Crippen molar-refractivity contribution in [2.24, 2.45) is 0 Å². The number of pyridine rings is 3. The van der Waals surface area contributed by atoms with E-state index in [1.54, 1.807) is 18.3 Å². The first-order chi connectivity index (χ1) is 20.6. The Bertz CT molecular complexity index is 2370. The quantitative estimate of drug-likeness (QED) is 0.191. The van der Waals surface area contributed by atoms with Crippen LogP contribution in [0.3, 0.4) is 0 Å². The highest BCUT2D eigenvalue weighted by Gasteiger charge is 2.31. The number of rotatable bonds is 4. The van der Waals surface area contributed by atoms with Gasteiger partial charge in [0.15, 0.2) is 18.2 Å². The number of fused-ring (bicyclic) bond motifs is 6. The van der Waals surface area contributed by atoms with E-state index in [1.807, 2.05) is 109 Å². The Morgan fingerprint density at radius 2 is 1.29 bits per heavy atom. The van der Waals surface area contributed by atoms with Crippen LogP contribution in [0.5, 0.6) is 0 Å². The van der Waals surface area contributed by atoms with Gasteiger partial charge in [-0.2, -0.15) is 0 Å². The molecule has 0 fully saturated rings. The van der Waals surface area contributed by atoms with E-state index in [9.17, 15) is 4.79 Å². The zero-order chi connectivity index (χ0) is 28.3. The maximum absolute atomic E-state index is 15.0. The molecular weight excluding hydrogens is 541 g/mol. The molecule has 0 radical (unpaired) electrons. The molecule has 6 nitrogen and oxygen atoms in total. The van der Waals surface area contributed by atoms with Crippen LogP contribution in [0.1, 0.15) is 0 Å². The number of benzene rings is 4. The lowest BCUT2D eigenvalue weighted by Crippen LogP contribution is -2.27. The second-order valence-electron chi connectivity index (χ2n) is 10.2. The molecule has 0 aliphatic carbocycles. The molecule has 0 unspecified atom stereocenters. The Hall–Kier alpha value is -5.32. The predicted molar refractivity (Wildman–Crippen MR) is 170 cm³/mol. The fourth-order valence-electron chi connectivity index (χ4n) is 5.69. The van der Waals surface area contributed by atoms with Gasteiger partial charge in [0.05, 0.1) is 27.6 Å². The fraction of sp³-hybridized carbons (Fsp3) is 0. The molecule has 0 bridgehead atoms. The largest absolute Gasteiger partial charge is 0.454 e. The first kappa shape index (κ1) is 24.5. The number of hydrogen-bond donors (Lipinski definition) is 1. The highest BCUT2D eigenvalue weighted by molar-refractivity contribution is 7.85. The van der Waals surface area contributed by atoms with Crippen molar-refractivity contribution < 1.29 is 8.98 Å². The van der Waals surface area contributed by atoms with Gasteiger partial charge in [-0.3, -0.25) is 4.79 Å². The summed E-state index contributed by atoms with van der Waals surface area (Å²) in [5.74, 6) is 0. The monoisotopic (exact) mass is 563 g/mol. The minimum atomic E-state index is -3.28. The fourth-order valence-corrected chi connectivity index (χ4v) is 8.23. The highest BCUT2D eigenvalue weighted by atomic mass is 31.2. The average Bonchev–Trinajstić information content (AvgIpc) is 3.45. The number of nitrogens with one attached hydrogen (secondary N) is 1. The highest BCUT2D eigenvalue weighted by Crippen LogP contribution is 2.42. The molecule has 8 rings (SSSR count). The van der Waals surface area contributed by atoms with Gasteiger partial charge in [-0.25, -0.2) is 9.97 Å². The molecule has 7 heteroatoms. The SMILES string of the molecule is O=c1ccc(-c2ccc3ccc4ccc(P(=O)(c5ccccc5)c5ccccc5)nc4c3n2)c2oc3ccc[nH]c3c12. The topological polar surface area (TPSA) is 88.8 Å².